The molecule has 4 rings (SSSR count). The zero-order valence-electron chi connectivity index (χ0n) is 16.9. The number of aromatic nitrogens is 1. The summed E-state index contributed by atoms with van der Waals surface area (Å²) >= 11 is 13.6. The molecule has 0 bridgehead atoms. The van der Waals surface area contributed by atoms with Crippen LogP contribution in [0.15, 0.2) is 52.7 Å². The summed E-state index contributed by atoms with van der Waals surface area (Å²) in [6.45, 7) is 1.28. The molecule has 0 radical (unpaired) electrons. The maximum Gasteiger partial charge on any atom is 0.185 e. The van der Waals surface area contributed by atoms with Crippen molar-refractivity contribution < 1.29 is 13.2 Å². The Hall–Kier alpha value is -1.80. The molecule has 1 fully saturated rings. The van der Waals surface area contributed by atoms with E-state index in [1.165, 1.54) is 18.2 Å². The molecule has 31 heavy (non-hydrogen) atoms. The van der Waals surface area contributed by atoms with Crippen molar-refractivity contribution in [1.82, 2.24) is 4.98 Å². The van der Waals surface area contributed by atoms with Crippen LogP contribution in [0.4, 0.5) is 5.13 Å². The lowest BCUT2D eigenvalue weighted by Gasteiger charge is -2.31. The van der Waals surface area contributed by atoms with Crippen molar-refractivity contribution in [3.8, 4) is 5.75 Å². The summed E-state index contributed by atoms with van der Waals surface area (Å²) in [5.41, 5.74) is 2.07. The van der Waals surface area contributed by atoms with E-state index in [0.29, 0.717) is 42.4 Å². The number of sulfone groups is 1. The average molecular weight is 497 g/mol. The molecule has 164 valence electrons. The van der Waals surface area contributed by atoms with Crippen LogP contribution in [0.2, 0.25) is 10.0 Å². The number of thiazole rings is 1. The first-order chi connectivity index (χ1) is 14.9. The molecule has 0 spiro atoms. The lowest BCUT2D eigenvalue weighted by Crippen LogP contribution is -2.39. The van der Waals surface area contributed by atoms with Gasteiger partial charge in [0.05, 0.1) is 22.9 Å². The van der Waals surface area contributed by atoms with Crippen molar-refractivity contribution >= 4 is 49.5 Å². The van der Waals surface area contributed by atoms with Crippen LogP contribution >= 0.6 is 34.5 Å². The van der Waals surface area contributed by atoms with Gasteiger partial charge in [-0.05, 0) is 37.1 Å². The second-order valence-electron chi connectivity index (χ2n) is 7.45. The molecule has 0 atom stereocenters. The zero-order valence-corrected chi connectivity index (χ0v) is 20.1. The van der Waals surface area contributed by atoms with Crippen molar-refractivity contribution in [2.75, 3.05) is 25.1 Å². The van der Waals surface area contributed by atoms with Gasteiger partial charge in [-0.25, -0.2) is 13.4 Å². The molecule has 1 saturated heterocycles. The number of methoxy groups -OCH3 is 1. The van der Waals surface area contributed by atoms with Gasteiger partial charge in [-0.2, -0.15) is 0 Å². The van der Waals surface area contributed by atoms with E-state index in [2.05, 4.69) is 10.3 Å². The minimum Gasteiger partial charge on any atom is -0.496 e. The highest BCUT2D eigenvalue weighted by molar-refractivity contribution is 7.92. The predicted octanol–water partition coefficient (Wildman–Crippen LogP) is 5.49. The number of para-hydroxylation sites is 1. The largest absolute Gasteiger partial charge is 0.496 e. The van der Waals surface area contributed by atoms with Crippen molar-refractivity contribution in [2.24, 2.45) is 0 Å². The number of halogens is 2. The standard InChI is InChI=1S/C22H22Cl2N2O3S2/c1-29-21-5-3-2-4-15(21)10-18-14-30-22(25-18)26-8-6-19(7-9-26)31(27,28)20-12-16(23)11-17(24)13-20/h2-5,11-14,19H,6-10H2,1H3. The summed E-state index contributed by atoms with van der Waals surface area (Å²) in [7, 11) is -1.81. The molecule has 2 aromatic carbocycles. The summed E-state index contributed by atoms with van der Waals surface area (Å²) in [5.74, 6) is 0.851. The molecule has 0 N–H and O–H groups in total. The van der Waals surface area contributed by atoms with Gasteiger partial charge in [0.1, 0.15) is 5.75 Å². The minimum atomic E-state index is -3.48. The number of hydrogen-bond donors (Lipinski definition) is 0. The topological polar surface area (TPSA) is 59.5 Å². The van der Waals surface area contributed by atoms with Crippen LogP contribution in [0.1, 0.15) is 24.1 Å². The van der Waals surface area contributed by atoms with Gasteiger partial charge in [0.15, 0.2) is 15.0 Å². The van der Waals surface area contributed by atoms with Crippen LogP contribution < -0.4 is 9.64 Å². The van der Waals surface area contributed by atoms with E-state index in [9.17, 15) is 8.42 Å². The van der Waals surface area contributed by atoms with Gasteiger partial charge in [0.25, 0.3) is 0 Å². The van der Waals surface area contributed by atoms with Gasteiger partial charge in [0.2, 0.25) is 0 Å². The van der Waals surface area contributed by atoms with Gasteiger partial charge in [-0.15, -0.1) is 11.3 Å². The first-order valence-electron chi connectivity index (χ1n) is 9.88. The van der Waals surface area contributed by atoms with Gasteiger partial charge in [-0.3, -0.25) is 0 Å². The Morgan fingerprint density at radius 3 is 2.48 bits per heavy atom. The quantitative estimate of drug-likeness (QED) is 0.451. The van der Waals surface area contributed by atoms with Crippen LogP contribution in [0.3, 0.4) is 0 Å². The zero-order chi connectivity index (χ0) is 22.0. The SMILES string of the molecule is COc1ccccc1Cc1csc(N2CCC(S(=O)(=O)c3cc(Cl)cc(Cl)c3)CC2)n1. The van der Waals surface area contributed by atoms with E-state index in [4.69, 9.17) is 32.9 Å². The van der Waals surface area contributed by atoms with E-state index in [1.54, 1.807) is 18.4 Å². The lowest BCUT2D eigenvalue weighted by atomic mass is 10.1. The summed E-state index contributed by atoms with van der Waals surface area (Å²) < 4.78 is 31.5. The fraction of sp³-hybridized carbons (Fsp3) is 0.318. The lowest BCUT2D eigenvalue weighted by molar-refractivity contribution is 0.410. The van der Waals surface area contributed by atoms with Crippen LogP contribution in [0.25, 0.3) is 0 Å². The van der Waals surface area contributed by atoms with Crippen LogP contribution in [0, 0.1) is 0 Å². The number of hydrogen-bond acceptors (Lipinski definition) is 6. The number of nitrogens with zero attached hydrogens (tertiary/aromatic N) is 2. The third kappa shape index (κ3) is 5.00. The number of benzene rings is 2. The monoisotopic (exact) mass is 496 g/mol. The molecule has 9 heteroatoms. The van der Waals surface area contributed by atoms with E-state index in [0.717, 1.165) is 22.1 Å². The van der Waals surface area contributed by atoms with Crippen LogP contribution in [-0.4, -0.2) is 38.9 Å². The van der Waals surface area contributed by atoms with Crippen molar-refractivity contribution in [1.29, 1.82) is 0 Å². The minimum absolute atomic E-state index is 0.191. The average Bonchev–Trinajstić information content (AvgIpc) is 3.22. The Kier molecular flexibility index (Phi) is 6.77. The highest BCUT2D eigenvalue weighted by Crippen LogP contribution is 2.32. The Balaban J connectivity index is 1.42. The number of anilines is 1. The van der Waals surface area contributed by atoms with E-state index < -0.39 is 15.1 Å². The predicted molar refractivity (Wildman–Crippen MR) is 127 cm³/mol. The van der Waals surface area contributed by atoms with Crippen LogP contribution in [-0.2, 0) is 16.3 Å². The maximum absolute atomic E-state index is 13.0. The van der Waals surface area contributed by atoms with Gasteiger partial charge < -0.3 is 9.64 Å². The van der Waals surface area contributed by atoms with Crippen molar-refractivity contribution in [2.45, 2.75) is 29.4 Å². The van der Waals surface area contributed by atoms with E-state index in [-0.39, 0.29) is 4.90 Å². The number of piperidine rings is 1. The Morgan fingerprint density at radius 2 is 1.81 bits per heavy atom. The van der Waals surface area contributed by atoms with Crippen LogP contribution in [0.5, 0.6) is 5.75 Å². The summed E-state index contributed by atoms with van der Waals surface area (Å²) in [6, 6.07) is 12.4. The fourth-order valence-corrected chi connectivity index (χ4v) is 7.14. The summed E-state index contributed by atoms with van der Waals surface area (Å²) in [6.07, 6.45) is 1.77. The third-order valence-electron chi connectivity index (χ3n) is 5.42. The molecule has 5 nitrogen and oxygen atoms in total. The van der Waals surface area contributed by atoms with E-state index >= 15 is 0 Å². The summed E-state index contributed by atoms with van der Waals surface area (Å²) in [4.78, 5) is 7.13. The molecule has 0 saturated carbocycles. The summed E-state index contributed by atoms with van der Waals surface area (Å²) in [5, 5.41) is 3.18. The molecular weight excluding hydrogens is 475 g/mol. The molecule has 1 aliphatic heterocycles. The maximum atomic E-state index is 13.0. The molecule has 0 aliphatic carbocycles. The highest BCUT2D eigenvalue weighted by Gasteiger charge is 2.32. The highest BCUT2D eigenvalue weighted by atomic mass is 35.5. The van der Waals surface area contributed by atoms with Gasteiger partial charge in [-0.1, -0.05) is 41.4 Å². The molecule has 1 aromatic heterocycles. The smallest absolute Gasteiger partial charge is 0.185 e. The fourth-order valence-electron chi connectivity index (χ4n) is 3.81. The van der Waals surface area contributed by atoms with Gasteiger partial charge >= 0.3 is 0 Å². The second kappa shape index (κ2) is 9.36. The first-order valence-corrected chi connectivity index (χ1v) is 13.1. The second-order valence-corrected chi connectivity index (χ2v) is 11.4. The van der Waals surface area contributed by atoms with E-state index in [1.807, 2.05) is 24.3 Å². The normalized spacial score (nSPS) is 15.3. The molecule has 0 amide bonds. The molecule has 1 aliphatic rings. The Labute approximate surface area is 196 Å². The van der Waals surface area contributed by atoms with Crippen molar-refractivity contribution in [3.05, 3.63) is 69.1 Å². The van der Waals surface area contributed by atoms with Gasteiger partial charge in [0, 0.05) is 40.5 Å². The number of rotatable bonds is 6. The molecular formula is C22H22Cl2N2O3S2. The molecule has 3 aromatic rings. The number of ether oxygens (including phenoxy) is 1. The third-order valence-corrected chi connectivity index (χ3v) is 9.05. The Bertz CT molecular complexity index is 1150. The molecule has 2 heterocycles. The van der Waals surface area contributed by atoms with Crippen molar-refractivity contribution in [3.63, 3.8) is 0 Å². The Morgan fingerprint density at radius 1 is 1.13 bits per heavy atom. The molecule has 0 unspecified atom stereocenters. The first kappa shape index (κ1) is 22.4.